The molecular formula is C13H17BrF4IN3. The SMILES string of the molecule is CCNC(=NCc1cc(F)ccc1Br)NCCC(F)(F)F.I. The van der Waals surface area contributed by atoms with Crippen molar-refractivity contribution in [1.82, 2.24) is 10.6 Å². The lowest BCUT2D eigenvalue weighted by Crippen LogP contribution is -2.38. The van der Waals surface area contributed by atoms with Gasteiger partial charge >= 0.3 is 6.18 Å². The van der Waals surface area contributed by atoms with E-state index >= 15 is 0 Å². The van der Waals surface area contributed by atoms with Crippen LogP contribution in [0.5, 0.6) is 0 Å². The van der Waals surface area contributed by atoms with Gasteiger partial charge in [0.2, 0.25) is 0 Å². The van der Waals surface area contributed by atoms with Crippen LogP contribution in [-0.2, 0) is 6.54 Å². The van der Waals surface area contributed by atoms with Gasteiger partial charge in [-0.2, -0.15) is 13.2 Å². The summed E-state index contributed by atoms with van der Waals surface area (Å²) in [5.74, 6) is -0.128. The Kier molecular flexibility index (Phi) is 9.97. The fourth-order valence-electron chi connectivity index (χ4n) is 1.49. The zero-order valence-corrected chi connectivity index (χ0v) is 15.7. The van der Waals surface area contributed by atoms with Crippen LogP contribution in [0.3, 0.4) is 0 Å². The first-order chi connectivity index (χ1) is 9.81. The number of nitrogens with zero attached hydrogens (tertiary/aromatic N) is 1. The Labute approximate surface area is 152 Å². The molecule has 0 spiro atoms. The number of alkyl halides is 3. The van der Waals surface area contributed by atoms with E-state index in [9.17, 15) is 17.6 Å². The summed E-state index contributed by atoms with van der Waals surface area (Å²) in [6, 6.07) is 4.20. The smallest absolute Gasteiger partial charge is 0.357 e. The quantitative estimate of drug-likeness (QED) is 0.277. The predicted octanol–water partition coefficient (Wildman–Crippen LogP) is 4.21. The van der Waals surface area contributed by atoms with Crippen molar-refractivity contribution in [2.45, 2.75) is 26.1 Å². The molecule has 9 heteroatoms. The van der Waals surface area contributed by atoms with Crippen LogP contribution in [-0.4, -0.2) is 25.2 Å². The Hall–Kier alpha value is -0.580. The third kappa shape index (κ3) is 8.76. The van der Waals surface area contributed by atoms with Crippen molar-refractivity contribution in [1.29, 1.82) is 0 Å². The van der Waals surface area contributed by atoms with Crippen molar-refractivity contribution < 1.29 is 17.6 Å². The Bertz CT molecular complexity index is 495. The average Bonchev–Trinajstić information content (AvgIpc) is 2.38. The number of aliphatic imine (C=N–C) groups is 1. The van der Waals surface area contributed by atoms with Crippen LogP contribution in [0.1, 0.15) is 18.9 Å². The number of benzene rings is 1. The Morgan fingerprint density at radius 1 is 1.27 bits per heavy atom. The molecule has 1 aromatic rings. The van der Waals surface area contributed by atoms with Crippen LogP contribution >= 0.6 is 39.9 Å². The second-order valence-electron chi connectivity index (χ2n) is 4.22. The summed E-state index contributed by atoms with van der Waals surface area (Å²) >= 11 is 3.27. The van der Waals surface area contributed by atoms with Gasteiger partial charge in [0.05, 0.1) is 13.0 Å². The molecule has 0 fully saturated rings. The van der Waals surface area contributed by atoms with E-state index in [2.05, 4.69) is 31.6 Å². The third-order valence-electron chi connectivity index (χ3n) is 2.46. The summed E-state index contributed by atoms with van der Waals surface area (Å²) in [6.07, 6.45) is -5.16. The molecule has 0 aromatic heterocycles. The summed E-state index contributed by atoms with van der Waals surface area (Å²) in [7, 11) is 0. The second-order valence-corrected chi connectivity index (χ2v) is 5.08. The molecule has 0 aliphatic rings. The van der Waals surface area contributed by atoms with Crippen LogP contribution in [0.15, 0.2) is 27.7 Å². The van der Waals surface area contributed by atoms with E-state index in [-0.39, 0.29) is 43.0 Å². The highest BCUT2D eigenvalue weighted by Gasteiger charge is 2.26. The van der Waals surface area contributed by atoms with Gasteiger partial charge in [-0.3, -0.25) is 0 Å². The topological polar surface area (TPSA) is 36.4 Å². The minimum absolute atomic E-state index is 0. The highest BCUT2D eigenvalue weighted by molar-refractivity contribution is 14.0. The summed E-state index contributed by atoms with van der Waals surface area (Å²) in [4.78, 5) is 4.14. The Morgan fingerprint density at radius 3 is 2.55 bits per heavy atom. The first-order valence-corrected chi connectivity index (χ1v) is 7.14. The fourth-order valence-corrected chi connectivity index (χ4v) is 1.87. The molecule has 0 saturated carbocycles. The van der Waals surface area contributed by atoms with E-state index in [1.54, 1.807) is 13.0 Å². The van der Waals surface area contributed by atoms with Gasteiger partial charge < -0.3 is 10.6 Å². The second kappa shape index (κ2) is 10.2. The molecule has 0 aliphatic heterocycles. The van der Waals surface area contributed by atoms with Crippen molar-refractivity contribution >= 4 is 45.9 Å². The van der Waals surface area contributed by atoms with Gasteiger partial charge in [-0.15, -0.1) is 24.0 Å². The normalized spacial score (nSPS) is 11.8. The van der Waals surface area contributed by atoms with E-state index in [0.717, 1.165) is 0 Å². The summed E-state index contributed by atoms with van der Waals surface area (Å²) < 4.78 is 50.1. The molecule has 1 rings (SSSR count). The number of halogens is 6. The first kappa shape index (κ1) is 21.4. The molecule has 22 heavy (non-hydrogen) atoms. The molecule has 0 unspecified atom stereocenters. The van der Waals surface area contributed by atoms with Crippen molar-refractivity contribution in [3.05, 3.63) is 34.1 Å². The van der Waals surface area contributed by atoms with Gasteiger partial charge in [0.25, 0.3) is 0 Å². The van der Waals surface area contributed by atoms with Crippen molar-refractivity contribution in [3.63, 3.8) is 0 Å². The zero-order chi connectivity index (χ0) is 15.9. The number of rotatable bonds is 5. The lowest BCUT2D eigenvalue weighted by molar-refractivity contribution is -0.132. The molecule has 126 valence electrons. The van der Waals surface area contributed by atoms with Gasteiger partial charge in [-0.25, -0.2) is 9.38 Å². The van der Waals surface area contributed by atoms with Gasteiger partial charge in [0.1, 0.15) is 5.82 Å². The van der Waals surface area contributed by atoms with E-state index in [1.165, 1.54) is 12.1 Å². The summed E-state index contributed by atoms with van der Waals surface area (Å²) in [6.45, 7) is 2.21. The lowest BCUT2D eigenvalue weighted by Gasteiger charge is -2.12. The number of guanidine groups is 1. The lowest BCUT2D eigenvalue weighted by atomic mass is 10.2. The van der Waals surface area contributed by atoms with Crippen LogP contribution in [0, 0.1) is 5.82 Å². The molecule has 0 atom stereocenters. The zero-order valence-electron chi connectivity index (χ0n) is 11.8. The number of hydrogen-bond acceptors (Lipinski definition) is 1. The molecule has 0 saturated heterocycles. The molecule has 1 aromatic carbocycles. The number of hydrogen-bond donors (Lipinski definition) is 2. The fraction of sp³-hybridized carbons (Fsp3) is 0.462. The van der Waals surface area contributed by atoms with Crippen molar-refractivity contribution in [3.8, 4) is 0 Å². The van der Waals surface area contributed by atoms with E-state index < -0.39 is 18.4 Å². The van der Waals surface area contributed by atoms with E-state index in [1.807, 2.05) is 0 Å². The third-order valence-corrected chi connectivity index (χ3v) is 3.23. The predicted molar refractivity (Wildman–Crippen MR) is 93.0 cm³/mol. The maximum Gasteiger partial charge on any atom is 0.390 e. The van der Waals surface area contributed by atoms with Crippen molar-refractivity contribution in [2.24, 2.45) is 4.99 Å². The van der Waals surface area contributed by atoms with Gasteiger partial charge in [-0.05, 0) is 30.7 Å². The minimum atomic E-state index is -4.21. The Morgan fingerprint density at radius 2 is 1.95 bits per heavy atom. The maximum absolute atomic E-state index is 13.1. The van der Waals surface area contributed by atoms with Crippen LogP contribution in [0.25, 0.3) is 0 Å². The highest BCUT2D eigenvalue weighted by Crippen LogP contribution is 2.19. The standard InChI is InChI=1S/C13H16BrF4N3.HI/c1-2-19-12(20-6-5-13(16,17)18)21-8-9-7-10(15)3-4-11(9)14;/h3-4,7H,2,5-6,8H2,1H3,(H2,19,20,21);1H. The van der Waals surface area contributed by atoms with E-state index in [4.69, 9.17) is 0 Å². The monoisotopic (exact) mass is 497 g/mol. The van der Waals surface area contributed by atoms with Gasteiger partial charge in [0, 0.05) is 17.6 Å². The van der Waals surface area contributed by atoms with Gasteiger partial charge in [-0.1, -0.05) is 15.9 Å². The van der Waals surface area contributed by atoms with Gasteiger partial charge in [0.15, 0.2) is 5.96 Å². The molecule has 0 amide bonds. The molecule has 0 bridgehead atoms. The largest absolute Gasteiger partial charge is 0.390 e. The molecule has 0 aliphatic carbocycles. The van der Waals surface area contributed by atoms with Crippen LogP contribution in [0.4, 0.5) is 17.6 Å². The van der Waals surface area contributed by atoms with Crippen molar-refractivity contribution in [2.75, 3.05) is 13.1 Å². The molecule has 0 radical (unpaired) electrons. The van der Waals surface area contributed by atoms with Crippen LogP contribution in [0.2, 0.25) is 0 Å². The maximum atomic E-state index is 13.1. The van der Waals surface area contributed by atoms with E-state index in [0.29, 0.717) is 16.6 Å². The first-order valence-electron chi connectivity index (χ1n) is 6.34. The van der Waals surface area contributed by atoms with Crippen LogP contribution < -0.4 is 10.6 Å². The summed E-state index contributed by atoms with van der Waals surface area (Å²) in [5.41, 5.74) is 0.614. The highest BCUT2D eigenvalue weighted by atomic mass is 127. The molecule has 0 heterocycles. The summed E-state index contributed by atoms with van der Waals surface area (Å²) in [5, 5.41) is 5.43. The number of nitrogens with one attached hydrogen (secondary N) is 2. The molecule has 3 nitrogen and oxygen atoms in total. The average molecular weight is 498 g/mol. The minimum Gasteiger partial charge on any atom is -0.357 e. The Balaban J connectivity index is 0.00000441. The molecule has 2 N–H and O–H groups in total. The molecular weight excluding hydrogens is 481 g/mol.